The molecule has 2 aliphatic heterocycles. The van der Waals surface area contributed by atoms with E-state index in [0.29, 0.717) is 18.1 Å². The van der Waals surface area contributed by atoms with E-state index in [2.05, 4.69) is 27.2 Å². The van der Waals surface area contributed by atoms with Crippen molar-refractivity contribution in [2.45, 2.75) is 57.8 Å². The summed E-state index contributed by atoms with van der Waals surface area (Å²) in [5, 5.41) is 7.80. The van der Waals surface area contributed by atoms with Gasteiger partial charge in [-0.1, -0.05) is 6.92 Å². The zero-order valence-electron chi connectivity index (χ0n) is 16.8. The average Bonchev–Trinajstić information content (AvgIpc) is 3.21. The van der Waals surface area contributed by atoms with Crippen LogP contribution in [-0.4, -0.2) is 72.7 Å². The molecule has 2 aliphatic rings. The molecular weight excluding hydrogens is 342 g/mol. The lowest BCUT2D eigenvalue weighted by molar-refractivity contribution is -0.0721. The van der Waals surface area contributed by atoms with Crippen molar-refractivity contribution in [2.24, 2.45) is 10.9 Å². The van der Waals surface area contributed by atoms with Gasteiger partial charge >= 0.3 is 0 Å². The maximum absolute atomic E-state index is 6.12. The average molecular weight is 378 g/mol. The highest BCUT2D eigenvalue weighted by Gasteiger charge is 2.24. The van der Waals surface area contributed by atoms with E-state index in [1.165, 1.54) is 12.8 Å². The molecule has 0 aromatic carbocycles. The van der Waals surface area contributed by atoms with Crippen LogP contribution >= 0.6 is 0 Å². The Balaban J connectivity index is 1.34. The fraction of sp³-hybridized carbons (Fsp3) is 0.800. The number of piperidine rings is 1. The Morgan fingerprint density at radius 2 is 2.19 bits per heavy atom. The summed E-state index contributed by atoms with van der Waals surface area (Å²) in [6.45, 7) is 7.66. The lowest BCUT2D eigenvalue weighted by Crippen LogP contribution is -2.48. The number of ether oxygens (including phenoxy) is 2. The molecule has 0 bridgehead atoms. The van der Waals surface area contributed by atoms with Gasteiger partial charge in [0.1, 0.15) is 0 Å². The van der Waals surface area contributed by atoms with Crippen molar-refractivity contribution in [3.05, 3.63) is 18.5 Å². The summed E-state index contributed by atoms with van der Waals surface area (Å²) < 4.78 is 13.9. The molecule has 2 unspecified atom stereocenters. The SMILES string of the molecule is CN=C(NCC(C)Cn1cccn1)N1CCC(OCC2CCCCO2)CC1. The predicted octanol–water partition coefficient (Wildman–Crippen LogP) is 2.14. The van der Waals surface area contributed by atoms with Gasteiger partial charge in [0, 0.05) is 52.2 Å². The van der Waals surface area contributed by atoms with Crippen molar-refractivity contribution < 1.29 is 9.47 Å². The molecule has 1 N–H and O–H groups in total. The van der Waals surface area contributed by atoms with Crippen molar-refractivity contribution in [1.29, 1.82) is 0 Å². The first kappa shape index (κ1) is 20.1. The second kappa shape index (κ2) is 10.7. The van der Waals surface area contributed by atoms with E-state index in [1.54, 1.807) is 0 Å². The molecule has 2 atom stereocenters. The zero-order valence-corrected chi connectivity index (χ0v) is 16.8. The number of guanidine groups is 1. The molecule has 7 nitrogen and oxygen atoms in total. The van der Waals surface area contributed by atoms with Crippen LogP contribution in [-0.2, 0) is 16.0 Å². The molecule has 2 fully saturated rings. The summed E-state index contributed by atoms with van der Waals surface area (Å²) >= 11 is 0. The van der Waals surface area contributed by atoms with Crippen molar-refractivity contribution >= 4 is 5.96 Å². The van der Waals surface area contributed by atoms with E-state index in [4.69, 9.17) is 9.47 Å². The van der Waals surface area contributed by atoms with Gasteiger partial charge in [-0.25, -0.2) is 0 Å². The number of aromatic nitrogens is 2. The second-order valence-electron chi connectivity index (χ2n) is 7.77. The molecule has 3 heterocycles. The van der Waals surface area contributed by atoms with Crippen LogP contribution in [0, 0.1) is 5.92 Å². The Morgan fingerprint density at radius 3 is 2.85 bits per heavy atom. The van der Waals surface area contributed by atoms with Crippen LogP contribution in [0.4, 0.5) is 0 Å². The largest absolute Gasteiger partial charge is 0.376 e. The summed E-state index contributed by atoms with van der Waals surface area (Å²) in [6.07, 6.45) is 10.2. The summed E-state index contributed by atoms with van der Waals surface area (Å²) in [5.74, 6) is 1.48. The summed E-state index contributed by atoms with van der Waals surface area (Å²) in [4.78, 5) is 6.82. The first-order valence-electron chi connectivity index (χ1n) is 10.4. The Kier molecular flexibility index (Phi) is 7.95. The molecule has 0 radical (unpaired) electrons. The molecule has 7 heteroatoms. The van der Waals surface area contributed by atoms with E-state index >= 15 is 0 Å². The number of likely N-dealkylation sites (tertiary alicyclic amines) is 1. The third-order valence-electron chi connectivity index (χ3n) is 5.41. The summed E-state index contributed by atoms with van der Waals surface area (Å²) in [5.41, 5.74) is 0. The van der Waals surface area contributed by atoms with Gasteiger partial charge in [-0.2, -0.15) is 5.10 Å². The minimum absolute atomic E-state index is 0.308. The standard InChI is InChI=1S/C20H35N5O2/c1-17(15-25-10-5-9-23-25)14-22-20(21-2)24-11-7-18(8-12-24)27-16-19-6-3-4-13-26-19/h5,9-10,17-19H,3-4,6-8,11-16H2,1-2H3,(H,21,22). The van der Waals surface area contributed by atoms with Crippen LogP contribution in [0.2, 0.25) is 0 Å². The fourth-order valence-corrected chi connectivity index (χ4v) is 3.81. The number of nitrogens with one attached hydrogen (secondary N) is 1. The molecule has 1 aromatic rings. The van der Waals surface area contributed by atoms with Crippen LogP contribution in [0.15, 0.2) is 23.5 Å². The van der Waals surface area contributed by atoms with E-state index < -0.39 is 0 Å². The molecule has 0 amide bonds. The van der Waals surface area contributed by atoms with Crippen molar-refractivity contribution in [3.8, 4) is 0 Å². The van der Waals surface area contributed by atoms with Gasteiger partial charge in [0.2, 0.25) is 0 Å². The Morgan fingerprint density at radius 1 is 1.33 bits per heavy atom. The lowest BCUT2D eigenvalue weighted by atomic mass is 10.1. The topological polar surface area (TPSA) is 63.9 Å². The summed E-state index contributed by atoms with van der Waals surface area (Å²) in [6, 6.07) is 1.96. The molecule has 2 saturated heterocycles. The third kappa shape index (κ3) is 6.50. The van der Waals surface area contributed by atoms with Gasteiger partial charge in [-0.3, -0.25) is 9.67 Å². The van der Waals surface area contributed by atoms with Gasteiger partial charge in [-0.15, -0.1) is 0 Å². The van der Waals surface area contributed by atoms with Crippen molar-refractivity contribution in [3.63, 3.8) is 0 Å². The molecule has 0 spiro atoms. The number of nitrogens with zero attached hydrogens (tertiary/aromatic N) is 4. The number of aliphatic imine (C=N–C) groups is 1. The summed E-state index contributed by atoms with van der Waals surface area (Å²) in [7, 11) is 1.86. The van der Waals surface area contributed by atoms with Crippen molar-refractivity contribution in [1.82, 2.24) is 20.0 Å². The van der Waals surface area contributed by atoms with Crippen LogP contribution in [0.5, 0.6) is 0 Å². The number of rotatable bonds is 7. The normalized spacial score (nSPS) is 23.4. The highest BCUT2D eigenvalue weighted by atomic mass is 16.5. The Labute approximate surface area is 163 Å². The van der Waals surface area contributed by atoms with E-state index in [1.807, 2.05) is 30.2 Å². The van der Waals surface area contributed by atoms with Gasteiger partial charge < -0.3 is 19.7 Å². The minimum atomic E-state index is 0.308. The highest BCUT2D eigenvalue weighted by molar-refractivity contribution is 5.79. The zero-order chi connectivity index (χ0) is 18.9. The first-order valence-corrected chi connectivity index (χ1v) is 10.4. The second-order valence-corrected chi connectivity index (χ2v) is 7.77. The van der Waals surface area contributed by atoms with E-state index in [-0.39, 0.29) is 0 Å². The van der Waals surface area contributed by atoms with Gasteiger partial charge in [0.25, 0.3) is 0 Å². The van der Waals surface area contributed by atoms with Gasteiger partial charge in [0.15, 0.2) is 5.96 Å². The number of hydrogen-bond donors (Lipinski definition) is 1. The van der Waals surface area contributed by atoms with E-state index in [0.717, 1.165) is 64.6 Å². The third-order valence-corrected chi connectivity index (χ3v) is 5.41. The lowest BCUT2D eigenvalue weighted by Gasteiger charge is -2.35. The number of hydrogen-bond acceptors (Lipinski definition) is 4. The maximum Gasteiger partial charge on any atom is 0.193 e. The van der Waals surface area contributed by atoms with Gasteiger partial charge in [-0.05, 0) is 44.1 Å². The molecule has 0 aliphatic carbocycles. The molecule has 1 aromatic heterocycles. The van der Waals surface area contributed by atoms with E-state index in [9.17, 15) is 0 Å². The smallest absolute Gasteiger partial charge is 0.193 e. The monoisotopic (exact) mass is 377 g/mol. The van der Waals surface area contributed by atoms with Crippen molar-refractivity contribution in [2.75, 3.05) is 39.9 Å². The minimum Gasteiger partial charge on any atom is -0.376 e. The molecule has 27 heavy (non-hydrogen) atoms. The van der Waals surface area contributed by atoms with Crippen LogP contribution < -0.4 is 5.32 Å². The van der Waals surface area contributed by atoms with Crippen LogP contribution in [0.1, 0.15) is 39.0 Å². The van der Waals surface area contributed by atoms with Gasteiger partial charge in [0.05, 0.1) is 18.8 Å². The van der Waals surface area contributed by atoms with Crippen LogP contribution in [0.25, 0.3) is 0 Å². The maximum atomic E-state index is 6.12. The molecular formula is C20H35N5O2. The fourth-order valence-electron chi connectivity index (χ4n) is 3.81. The predicted molar refractivity (Wildman–Crippen MR) is 107 cm³/mol. The van der Waals surface area contributed by atoms with Crippen LogP contribution in [0.3, 0.4) is 0 Å². The molecule has 152 valence electrons. The highest BCUT2D eigenvalue weighted by Crippen LogP contribution is 2.18. The Bertz CT molecular complexity index is 549. The molecule has 3 rings (SSSR count). The molecule has 0 saturated carbocycles. The Hall–Kier alpha value is -1.60. The first-order chi connectivity index (χ1) is 13.2. The quantitative estimate of drug-likeness (QED) is 0.583.